The summed E-state index contributed by atoms with van der Waals surface area (Å²) in [6.45, 7) is 12.6. The van der Waals surface area contributed by atoms with Gasteiger partial charge in [0.15, 0.2) is 0 Å². The second-order valence-electron chi connectivity index (χ2n) is 19.7. The van der Waals surface area contributed by atoms with Crippen molar-refractivity contribution in [3.63, 3.8) is 0 Å². The van der Waals surface area contributed by atoms with Gasteiger partial charge in [0.2, 0.25) is 17.5 Å². The molecule has 14 nitrogen and oxygen atoms in total. The third kappa shape index (κ3) is 7.45. The number of ether oxygens (including phenoxy) is 1. The topological polar surface area (TPSA) is 149 Å². The average molecular weight is 981 g/mol. The van der Waals surface area contributed by atoms with Crippen LogP contribution in [0.5, 0.6) is 0 Å². The molecule has 4 N–H and O–H groups in total. The molecule has 4 fully saturated rings. The summed E-state index contributed by atoms with van der Waals surface area (Å²) in [5.41, 5.74) is 6.79. The van der Waals surface area contributed by atoms with Crippen LogP contribution in [0, 0.1) is 17.8 Å². The van der Waals surface area contributed by atoms with Crippen LogP contribution < -0.4 is 10.6 Å². The van der Waals surface area contributed by atoms with Gasteiger partial charge >= 0.3 is 0 Å². The van der Waals surface area contributed by atoms with Crippen LogP contribution in [0.15, 0.2) is 76.3 Å². The van der Waals surface area contributed by atoms with Gasteiger partial charge in [-0.3, -0.25) is 28.9 Å². The van der Waals surface area contributed by atoms with Gasteiger partial charge in [0, 0.05) is 78.4 Å². The number of carbonyl (C=O) groups excluding carboxylic acids is 3. The van der Waals surface area contributed by atoms with Crippen LogP contribution in [0.25, 0.3) is 16.5 Å². The zero-order valence-corrected chi connectivity index (χ0v) is 40.7. The maximum Gasteiger partial charge on any atom is 0.281 e. The number of hydrogen-bond acceptors (Lipinski definition) is 10. The van der Waals surface area contributed by atoms with E-state index >= 15 is 0 Å². The Labute approximate surface area is 399 Å². The number of benzene rings is 3. The van der Waals surface area contributed by atoms with Crippen LogP contribution in [0.2, 0.25) is 5.02 Å². The Morgan fingerprint density at radius 1 is 1.00 bits per heavy atom. The van der Waals surface area contributed by atoms with Crippen LogP contribution in [0.1, 0.15) is 63.6 Å². The van der Waals surface area contributed by atoms with E-state index in [1.54, 1.807) is 18.7 Å². The number of aromatic nitrogens is 1. The van der Waals surface area contributed by atoms with Gasteiger partial charge in [0.1, 0.15) is 17.9 Å². The molecule has 348 valence electrons. The number of H-pyrrole nitrogens is 1. The Balaban J connectivity index is 0.000000186. The number of para-hydroxylation sites is 1. The van der Waals surface area contributed by atoms with Gasteiger partial charge < -0.3 is 35.4 Å². The van der Waals surface area contributed by atoms with Crippen molar-refractivity contribution >= 4 is 84.6 Å². The van der Waals surface area contributed by atoms with Gasteiger partial charge in [-0.2, -0.15) is 0 Å². The van der Waals surface area contributed by atoms with Crippen molar-refractivity contribution in [2.45, 2.75) is 83.1 Å². The molecule has 16 heteroatoms. The van der Waals surface area contributed by atoms with Crippen molar-refractivity contribution in [2.24, 2.45) is 22.7 Å². The molecule has 11 rings (SSSR count). The van der Waals surface area contributed by atoms with Crippen molar-refractivity contribution in [3.05, 3.63) is 93.1 Å². The number of aromatic amines is 1. The lowest BCUT2D eigenvalue weighted by molar-refractivity contribution is -0.322. The van der Waals surface area contributed by atoms with Crippen molar-refractivity contribution in [2.75, 3.05) is 58.7 Å². The highest BCUT2D eigenvalue weighted by atomic mass is 79.9. The fraction of sp³-hybridized carbons (Fsp3) is 0.480. The van der Waals surface area contributed by atoms with Gasteiger partial charge in [-0.25, -0.2) is 4.99 Å². The number of hydrogen-bond donors (Lipinski definition) is 4. The Morgan fingerprint density at radius 2 is 1.76 bits per heavy atom. The summed E-state index contributed by atoms with van der Waals surface area (Å²) in [5.74, 6) is -2.98. The summed E-state index contributed by atoms with van der Waals surface area (Å²) < 4.78 is 7.43. The number of piperazine rings is 2. The number of amides is 3. The van der Waals surface area contributed by atoms with E-state index in [9.17, 15) is 19.5 Å². The quantitative estimate of drug-likeness (QED) is 0.167. The Morgan fingerprint density at radius 3 is 2.52 bits per heavy atom. The number of anilines is 2. The SMILES string of the molecule is CC(C)C[C@H]1C(=O)N2CCC[C@H]2[C@]2(O)O[C@](NC(=O)[C@@H]3C=C4c5cccc6[nH]c(Br)c(c56)C[C@H]4N(C)C3)(C(C)C)C(=O)N12.CN1CCN(C2=Nc3cc(Cl)ccc3Nc3ccccc32)CC1. The number of nitrogens with zero attached hydrogens (tertiary/aromatic N) is 6. The van der Waals surface area contributed by atoms with Crippen LogP contribution in [0.3, 0.4) is 0 Å². The molecule has 1 aromatic heterocycles. The molecule has 0 unspecified atom stereocenters. The molecule has 7 aliphatic rings. The minimum Gasteiger partial charge on any atom is -0.353 e. The van der Waals surface area contributed by atoms with Crippen molar-refractivity contribution in [1.29, 1.82) is 0 Å². The molecule has 0 bridgehead atoms. The van der Waals surface area contributed by atoms with Gasteiger partial charge in [-0.05, 0) is 115 Å². The number of nitrogens with one attached hydrogen (secondary N) is 3. The lowest BCUT2D eigenvalue weighted by atomic mass is 9.79. The zero-order valence-electron chi connectivity index (χ0n) is 38.4. The van der Waals surface area contributed by atoms with Gasteiger partial charge in [-0.15, -0.1) is 0 Å². The maximum atomic E-state index is 14.4. The number of aliphatic imine (C=N–C) groups is 1. The molecular weight excluding hydrogens is 922 g/mol. The third-order valence-electron chi connectivity index (χ3n) is 14.7. The normalized spacial score (nSPS) is 28.1. The number of fused-ring (bicyclic) bond motifs is 7. The Kier molecular flexibility index (Phi) is 11.7. The molecule has 4 saturated heterocycles. The highest BCUT2D eigenvalue weighted by molar-refractivity contribution is 9.10. The molecule has 6 aliphatic heterocycles. The van der Waals surface area contributed by atoms with E-state index in [1.807, 2.05) is 57.3 Å². The molecule has 6 atom stereocenters. The van der Waals surface area contributed by atoms with Gasteiger partial charge in [-0.1, -0.05) is 69.6 Å². The van der Waals surface area contributed by atoms with Crippen LogP contribution >= 0.6 is 27.5 Å². The number of likely N-dealkylation sites (N-methyl/N-ethyl adjacent to an activating group) is 2. The first-order chi connectivity index (χ1) is 31.6. The zero-order chi connectivity index (χ0) is 46.4. The number of amidine groups is 1. The minimum atomic E-state index is -2.01. The monoisotopic (exact) mass is 979 g/mol. The predicted molar refractivity (Wildman–Crippen MR) is 261 cm³/mol. The van der Waals surface area contributed by atoms with Crippen molar-refractivity contribution in [3.8, 4) is 0 Å². The fourth-order valence-corrected chi connectivity index (χ4v) is 12.0. The van der Waals surface area contributed by atoms with E-state index in [-0.39, 0.29) is 23.8 Å². The first kappa shape index (κ1) is 45.0. The lowest BCUT2D eigenvalue weighted by Gasteiger charge is -2.49. The highest BCUT2D eigenvalue weighted by Gasteiger charge is 2.72. The van der Waals surface area contributed by atoms with Crippen LogP contribution in [0.4, 0.5) is 17.1 Å². The van der Waals surface area contributed by atoms with E-state index < -0.39 is 41.5 Å². The molecule has 0 radical (unpaired) electrons. The predicted octanol–water partition coefficient (Wildman–Crippen LogP) is 6.92. The van der Waals surface area contributed by atoms with E-state index in [2.05, 4.69) is 83.6 Å². The largest absolute Gasteiger partial charge is 0.353 e. The standard InChI is InChI=1S/C32H40BrN5O5.C18H19ClN4/c1-16(2)12-24-29(40)37-11-7-10-25(37)32(42)38(24)30(41)31(43-32,17(3)4)35-28(39)18-13-20-19-8-6-9-22-26(19)21(27(33)34-22)14-23(20)36(5)15-18;1-22-8-10-23(11-9-22)18-14-4-2-3-5-15(14)20-16-7-6-13(19)12-17(16)21-18/h6,8-9,13,16-18,23-25,34,42H,7,10-12,14-15H2,1-5H3,(H,35,39);2-7,12,20H,8-11H2,1H3/t18-,23-,24+,25+,31-,32+;/m1./s1. The molecular formula is C50H59BrClN9O5. The maximum absolute atomic E-state index is 14.4. The second-order valence-corrected chi connectivity index (χ2v) is 21.0. The van der Waals surface area contributed by atoms with E-state index in [1.165, 1.54) is 15.8 Å². The molecule has 7 heterocycles. The van der Waals surface area contributed by atoms with E-state index in [0.717, 1.165) is 88.7 Å². The summed E-state index contributed by atoms with van der Waals surface area (Å²) in [4.78, 5) is 60.5. The highest BCUT2D eigenvalue weighted by Crippen LogP contribution is 2.49. The molecule has 3 amide bonds. The van der Waals surface area contributed by atoms with Crippen molar-refractivity contribution in [1.82, 2.24) is 34.8 Å². The summed E-state index contributed by atoms with van der Waals surface area (Å²) in [6.07, 6.45) is 4.49. The van der Waals surface area contributed by atoms with E-state index in [0.29, 0.717) is 31.0 Å². The smallest absolute Gasteiger partial charge is 0.281 e. The number of halogens is 2. The van der Waals surface area contributed by atoms with Gasteiger partial charge in [0.05, 0.1) is 21.9 Å². The van der Waals surface area contributed by atoms with E-state index in [4.69, 9.17) is 21.3 Å². The Bertz CT molecular complexity index is 2680. The number of carbonyl (C=O) groups is 3. The fourth-order valence-electron chi connectivity index (χ4n) is 11.2. The first-order valence-electron chi connectivity index (χ1n) is 23.4. The minimum absolute atomic E-state index is 0.104. The lowest BCUT2D eigenvalue weighted by Crippen LogP contribution is -2.71. The van der Waals surface area contributed by atoms with Gasteiger partial charge in [0.25, 0.3) is 11.8 Å². The second kappa shape index (κ2) is 17.1. The summed E-state index contributed by atoms with van der Waals surface area (Å²) >= 11 is 9.88. The number of rotatable bonds is 5. The molecule has 66 heavy (non-hydrogen) atoms. The first-order valence-corrected chi connectivity index (χ1v) is 24.5. The summed E-state index contributed by atoms with van der Waals surface area (Å²) in [7, 11) is 4.19. The molecule has 0 saturated carbocycles. The Hall–Kier alpha value is -4.77. The van der Waals surface area contributed by atoms with Crippen LogP contribution in [-0.4, -0.2) is 141 Å². The third-order valence-corrected chi connectivity index (χ3v) is 15.6. The summed E-state index contributed by atoms with van der Waals surface area (Å²) in [5, 5.41) is 20.5. The average Bonchev–Trinajstić information content (AvgIpc) is 3.94. The number of aliphatic hydroxyl groups is 1. The molecule has 3 aromatic carbocycles. The molecule has 0 spiro atoms. The molecule has 4 aromatic rings. The summed E-state index contributed by atoms with van der Waals surface area (Å²) in [6, 6.07) is 18.9. The molecule has 1 aliphatic carbocycles. The van der Waals surface area contributed by atoms with Crippen LogP contribution in [-0.2, 0) is 25.5 Å². The van der Waals surface area contributed by atoms with Crippen molar-refractivity contribution < 1.29 is 24.2 Å².